The van der Waals surface area contributed by atoms with E-state index in [0.717, 1.165) is 17.2 Å². The van der Waals surface area contributed by atoms with Crippen LogP contribution in [-0.4, -0.2) is 4.98 Å². The quantitative estimate of drug-likeness (QED) is 0.412. The summed E-state index contributed by atoms with van der Waals surface area (Å²) in [5.41, 5.74) is 8.16. The Labute approximate surface area is 177 Å². The molecule has 6 heteroatoms. The Morgan fingerprint density at radius 2 is 1.32 bits per heavy atom. The summed E-state index contributed by atoms with van der Waals surface area (Å²) in [4.78, 5) is 4.27. The molecule has 0 unspecified atom stereocenters. The number of rotatable bonds is 3. The van der Waals surface area contributed by atoms with Gasteiger partial charge in [-0.25, -0.2) is 4.98 Å². The Morgan fingerprint density at radius 3 is 1.97 bits per heavy atom. The zero-order valence-corrected chi connectivity index (χ0v) is 16.2. The number of nitrogens with two attached hydrogens (primary N) is 1. The van der Waals surface area contributed by atoms with E-state index < -0.39 is 11.7 Å². The van der Waals surface area contributed by atoms with Crippen molar-refractivity contribution in [3.8, 4) is 39.6 Å². The highest BCUT2D eigenvalue weighted by Gasteiger charge is 2.34. The van der Waals surface area contributed by atoms with Crippen molar-refractivity contribution in [1.29, 1.82) is 5.26 Å². The number of alkyl halides is 3. The molecule has 0 bridgehead atoms. The molecule has 2 N–H and O–H groups in total. The summed E-state index contributed by atoms with van der Waals surface area (Å²) in [6.07, 6.45) is -4.57. The number of hydrogen-bond donors (Lipinski definition) is 1. The van der Waals surface area contributed by atoms with Gasteiger partial charge in [0.1, 0.15) is 17.5 Å². The van der Waals surface area contributed by atoms with Crippen molar-refractivity contribution in [2.75, 3.05) is 5.73 Å². The van der Waals surface area contributed by atoms with Gasteiger partial charge in [-0.3, -0.25) is 0 Å². The lowest BCUT2D eigenvalue weighted by Gasteiger charge is -2.15. The summed E-state index contributed by atoms with van der Waals surface area (Å²) < 4.78 is 40.7. The van der Waals surface area contributed by atoms with E-state index in [9.17, 15) is 18.4 Å². The molecule has 0 aliphatic carbocycles. The van der Waals surface area contributed by atoms with Crippen LogP contribution in [0, 0.1) is 11.3 Å². The van der Waals surface area contributed by atoms with Gasteiger partial charge in [0.2, 0.25) is 0 Å². The van der Waals surface area contributed by atoms with E-state index in [0.29, 0.717) is 11.3 Å². The standard InChI is InChI=1S/C25H16F3N3/c26-25(27,28)22-9-5-4-8-19(22)20-14-23(31-24(30)21(20)15-29)18-12-10-17(11-13-18)16-6-2-1-3-7-16/h1-14H,(H2,30,31). The smallest absolute Gasteiger partial charge is 0.383 e. The average molecular weight is 415 g/mol. The van der Waals surface area contributed by atoms with Gasteiger partial charge < -0.3 is 5.73 Å². The topological polar surface area (TPSA) is 62.7 Å². The maximum absolute atomic E-state index is 13.6. The van der Waals surface area contributed by atoms with Crippen LogP contribution in [-0.2, 0) is 6.18 Å². The fourth-order valence-electron chi connectivity index (χ4n) is 3.47. The number of benzene rings is 3. The molecule has 0 saturated heterocycles. The number of anilines is 1. The van der Waals surface area contributed by atoms with E-state index in [-0.39, 0.29) is 22.5 Å². The van der Waals surface area contributed by atoms with Crippen LogP contribution < -0.4 is 5.73 Å². The molecule has 0 amide bonds. The van der Waals surface area contributed by atoms with E-state index in [4.69, 9.17) is 5.73 Å². The second-order valence-corrected chi connectivity index (χ2v) is 6.91. The molecule has 3 nitrogen and oxygen atoms in total. The highest BCUT2D eigenvalue weighted by Crippen LogP contribution is 2.40. The van der Waals surface area contributed by atoms with Crippen molar-refractivity contribution in [1.82, 2.24) is 4.98 Å². The molecule has 0 spiro atoms. The second-order valence-electron chi connectivity index (χ2n) is 6.91. The van der Waals surface area contributed by atoms with Crippen LogP contribution in [0.15, 0.2) is 84.9 Å². The van der Waals surface area contributed by atoms with Crippen LogP contribution in [0.4, 0.5) is 19.0 Å². The minimum atomic E-state index is -4.57. The molecule has 0 aliphatic rings. The van der Waals surface area contributed by atoms with Gasteiger partial charge in [0.25, 0.3) is 0 Å². The number of nitriles is 1. The number of hydrogen-bond acceptors (Lipinski definition) is 3. The van der Waals surface area contributed by atoms with Gasteiger partial charge in [-0.1, -0.05) is 72.8 Å². The molecule has 31 heavy (non-hydrogen) atoms. The minimum absolute atomic E-state index is 0.0821. The first-order valence-electron chi connectivity index (χ1n) is 9.41. The zero-order valence-electron chi connectivity index (χ0n) is 16.2. The van der Waals surface area contributed by atoms with Crippen molar-refractivity contribution in [2.24, 2.45) is 0 Å². The number of halogens is 3. The van der Waals surface area contributed by atoms with Crippen LogP contribution in [0.1, 0.15) is 11.1 Å². The van der Waals surface area contributed by atoms with Gasteiger partial charge in [-0.15, -0.1) is 0 Å². The van der Waals surface area contributed by atoms with Crippen LogP contribution in [0.5, 0.6) is 0 Å². The first kappa shape index (κ1) is 20.2. The molecule has 152 valence electrons. The third-order valence-electron chi connectivity index (χ3n) is 4.97. The predicted octanol–water partition coefficient (Wildman–Crippen LogP) is 6.56. The van der Waals surface area contributed by atoms with Gasteiger partial charge >= 0.3 is 6.18 Å². The summed E-state index contributed by atoms with van der Waals surface area (Å²) in [5, 5.41) is 9.53. The molecule has 0 saturated carbocycles. The average Bonchev–Trinajstić information content (AvgIpc) is 2.78. The highest BCUT2D eigenvalue weighted by molar-refractivity contribution is 5.82. The normalized spacial score (nSPS) is 11.2. The molecule has 0 radical (unpaired) electrons. The van der Waals surface area contributed by atoms with Crippen LogP contribution in [0.2, 0.25) is 0 Å². The van der Waals surface area contributed by atoms with Gasteiger partial charge in [0.05, 0.1) is 11.3 Å². The molecule has 1 aromatic heterocycles. The maximum atomic E-state index is 13.6. The van der Waals surface area contributed by atoms with E-state index in [1.54, 1.807) is 0 Å². The van der Waals surface area contributed by atoms with Crippen molar-refractivity contribution in [3.63, 3.8) is 0 Å². The Balaban J connectivity index is 1.84. The lowest BCUT2D eigenvalue weighted by molar-refractivity contribution is -0.137. The molecular formula is C25H16F3N3. The van der Waals surface area contributed by atoms with Gasteiger partial charge in [0, 0.05) is 11.1 Å². The van der Waals surface area contributed by atoms with Crippen molar-refractivity contribution < 1.29 is 13.2 Å². The summed E-state index contributed by atoms with van der Waals surface area (Å²) in [6, 6.07) is 25.8. The predicted molar refractivity (Wildman–Crippen MR) is 115 cm³/mol. The summed E-state index contributed by atoms with van der Waals surface area (Å²) in [7, 11) is 0. The third kappa shape index (κ3) is 3.99. The van der Waals surface area contributed by atoms with E-state index in [1.807, 2.05) is 60.7 Å². The Morgan fingerprint density at radius 1 is 0.742 bits per heavy atom. The van der Waals surface area contributed by atoms with Gasteiger partial charge in [-0.05, 0) is 28.8 Å². The first-order valence-corrected chi connectivity index (χ1v) is 9.41. The second kappa shape index (κ2) is 7.96. The highest BCUT2D eigenvalue weighted by atomic mass is 19.4. The van der Waals surface area contributed by atoms with Crippen molar-refractivity contribution in [2.45, 2.75) is 6.18 Å². The molecule has 0 aliphatic heterocycles. The van der Waals surface area contributed by atoms with Crippen LogP contribution in [0.25, 0.3) is 33.5 Å². The van der Waals surface area contributed by atoms with Crippen molar-refractivity contribution in [3.05, 3.63) is 96.1 Å². The fraction of sp³-hybridized carbons (Fsp3) is 0.0400. The molecular weight excluding hydrogens is 399 g/mol. The molecule has 1 heterocycles. The first-order chi connectivity index (χ1) is 14.9. The van der Waals surface area contributed by atoms with E-state index in [2.05, 4.69) is 4.98 Å². The summed E-state index contributed by atoms with van der Waals surface area (Å²) in [5.74, 6) is -0.112. The van der Waals surface area contributed by atoms with Crippen LogP contribution in [0.3, 0.4) is 0 Å². The Bertz CT molecular complexity index is 1270. The minimum Gasteiger partial charge on any atom is -0.383 e. The molecule has 0 fully saturated rings. The number of pyridine rings is 1. The number of nitrogens with zero attached hydrogens (tertiary/aromatic N) is 2. The van der Waals surface area contributed by atoms with Crippen LogP contribution >= 0.6 is 0 Å². The summed E-state index contributed by atoms with van der Waals surface area (Å²) >= 11 is 0. The molecule has 0 atom stereocenters. The Hall–Kier alpha value is -4.11. The molecule has 3 aromatic carbocycles. The fourth-order valence-corrected chi connectivity index (χ4v) is 3.47. The monoisotopic (exact) mass is 415 g/mol. The van der Waals surface area contributed by atoms with Gasteiger partial charge in [0.15, 0.2) is 0 Å². The molecule has 4 rings (SSSR count). The third-order valence-corrected chi connectivity index (χ3v) is 4.97. The number of nitrogen functional groups attached to an aromatic ring is 1. The number of aromatic nitrogens is 1. The maximum Gasteiger partial charge on any atom is 0.417 e. The van der Waals surface area contributed by atoms with E-state index in [1.165, 1.54) is 24.3 Å². The molecule has 4 aromatic rings. The summed E-state index contributed by atoms with van der Waals surface area (Å²) in [6.45, 7) is 0. The lowest BCUT2D eigenvalue weighted by Crippen LogP contribution is -2.08. The van der Waals surface area contributed by atoms with E-state index >= 15 is 0 Å². The van der Waals surface area contributed by atoms with Gasteiger partial charge in [-0.2, -0.15) is 18.4 Å². The zero-order chi connectivity index (χ0) is 22.0. The largest absolute Gasteiger partial charge is 0.417 e. The Kier molecular flexibility index (Phi) is 5.18. The van der Waals surface area contributed by atoms with Crippen molar-refractivity contribution >= 4 is 5.82 Å². The SMILES string of the molecule is N#Cc1c(-c2ccccc2C(F)(F)F)cc(-c2ccc(-c3ccccc3)cc2)nc1N. The lowest BCUT2D eigenvalue weighted by atomic mass is 9.94.